The third kappa shape index (κ3) is 4.64. The Morgan fingerprint density at radius 1 is 0.968 bits per heavy atom. The number of hydrogen-bond acceptors (Lipinski definition) is 4. The molecule has 0 radical (unpaired) electrons. The van der Waals surface area contributed by atoms with E-state index in [1.54, 1.807) is 18.2 Å². The number of rotatable bonds is 5. The summed E-state index contributed by atoms with van der Waals surface area (Å²) < 4.78 is 0. The average molecular weight is 414 g/mol. The fourth-order valence-corrected chi connectivity index (χ4v) is 3.32. The second-order valence-corrected chi connectivity index (χ2v) is 7.17. The number of carbonyl (C=O) groups excluding carboxylic acids is 2. The normalized spacial score (nSPS) is 10.6. The summed E-state index contributed by atoms with van der Waals surface area (Å²) >= 11 is 0. The van der Waals surface area contributed by atoms with Crippen LogP contribution in [0, 0.1) is 6.92 Å². The zero-order valence-electron chi connectivity index (χ0n) is 16.9. The van der Waals surface area contributed by atoms with Crippen molar-refractivity contribution in [2.45, 2.75) is 13.5 Å². The molecular weight excluding hydrogens is 392 g/mol. The Bertz CT molecular complexity index is 1260. The number of fused-ring (bicyclic) bond motifs is 1. The maximum atomic E-state index is 12.8. The number of nitrogens with two attached hydrogens (primary N) is 1. The lowest BCUT2D eigenvalue weighted by atomic mass is 10.1. The summed E-state index contributed by atoms with van der Waals surface area (Å²) in [6.45, 7) is 2.27. The molecule has 0 fully saturated rings. The average Bonchev–Trinajstić information content (AvgIpc) is 3.14. The molecule has 3 aromatic carbocycles. The second kappa shape index (κ2) is 8.58. The van der Waals surface area contributed by atoms with Crippen molar-refractivity contribution in [1.29, 1.82) is 0 Å². The molecule has 1 aromatic heterocycles. The van der Waals surface area contributed by atoms with Crippen LogP contribution in [0.1, 0.15) is 21.5 Å². The number of amides is 3. The number of nitrogens with zero attached hydrogens (tertiary/aromatic N) is 1. The van der Waals surface area contributed by atoms with Crippen molar-refractivity contribution in [3.8, 4) is 0 Å². The van der Waals surface area contributed by atoms with Gasteiger partial charge >= 0.3 is 6.03 Å². The number of aromatic amines is 1. The lowest BCUT2D eigenvalue weighted by molar-refractivity contribution is 0.102. The summed E-state index contributed by atoms with van der Waals surface area (Å²) in [5, 5.41) is 15.8. The fourth-order valence-electron chi connectivity index (χ4n) is 3.32. The fraction of sp³-hybridized carbons (Fsp3) is 0.0870. The first-order chi connectivity index (χ1) is 15.0. The molecule has 0 unspecified atom stereocenters. The van der Waals surface area contributed by atoms with Gasteiger partial charge in [-0.15, -0.1) is 0 Å². The van der Waals surface area contributed by atoms with Gasteiger partial charge in [0, 0.05) is 17.9 Å². The van der Waals surface area contributed by atoms with Crippen LogP contribution >= 0.6 is 0 Å². The van der Waals surface area contributed by atoms with Gasteiger partial charge in [-0.05, 0) is 54.4 Å². The van der Waals surface area contributed by atoms with Crippen LogP contribution in [0.5, 0.6) is 0 Å². The molecule has 4 rings (SSSR count). The van der Waals surface area contributed by atoms with E-state index < -0.39 is 0 Å². The summed E-state index contributed by atoms with van der Waals surface area (Å²) in [4.78, 5) is 25.0. The molecule has 0 atom stereocenters. The molecule has 31 heavy (non-hydrogen) atoms. The maximum absolute atomic E-state index is 12.8. The van der Waals surface area contributed by atoms with Crippen LogP contribution in [0.2, 0.25) is 0 Å². The summed E-state index contributed by atoms with van der Waals surface area (Å²) in [7, 11) is 0. The van der Waals surface area contributed by atoms with Crippen LogP contribution in [-0.2, 0) is 6.54 Å². The van der Waals surface area contributed by atoms with Gasteiger partial charge in [0.1, 0.15) is 0 Å². The quantitative estimate of drug-likeness (QED) is 0.338. The van der Waals surface area contributed by atoms with Gasteiger partial charge < -0.3 is 21.7 Å². The standard InChI is InChI=1S/C23H22N6O2/c1-14-5-2-7-16(11-14)27-23(31)25-13-15-6-3-8-17(12-15)26-22(30)18-9-4-10-19-20(18)21(24)29-28-19/h2-12H,13H2,1H3,(H,26,30)(H3,24,28,29)(H2,25,27,31). The van der Waals surface area contributed by atoms with Gasteiger partial charge in [0.2, 0.25) is 0 Å². The minimum absolute atomic E-state index is 0.276. The number of anilines is 3. The first kappa shape index (κ1) is 20.0. The summed E-state index contributed by atoms with van der Waals surface area (Å²) in [5.74, 6) is -0.0145. The van der Waals surface area contributed by atoms with Crippen molar-refractivity contribution in [3.63, 3.8) is 0 Å². The number of nitrogen functional groups attached to an aromatic ring is 1. The lowest BCUT2D eigenvalue weighted by Crippen LogP contribution is -2.28. The van der Waals surface area contributed by atoms with Gasteiger partial charge in [0.05, 0.1) is 16.5 Å². The van der Waals surface area contributed by atoms with Gasteiger partial charge in [-0.2, -0.15) is 5.10 Å². The van der Waals surface area contributed by atoms with E-state index in [0.29, 0.717) is 28.7 Å². The molecule has 0 saturated heterocycles. The number of hydrogen-bond donors (Lipinski definition) is 5. The number of H-pyrrole nitrogens is 1. The summed E-state index contributed by atoms with van der Waals surface area (Å²) in [6.07, 6.45) is 0. The maximum Gasteiger partial charge on any atom is 0.319 e. The third-order valence-corrected chi connectivity index (χ3v) is 4.78. The van der Waals surface area contributed by atoms with E-state index in [9.17, 15) is 9.59 Å². The van der Waals surface area contributed by atoms with E-state index in [-0.39, 0.29) is 17.8 Å². The van der Waals surface area contributed by atoms with Crippen molar-refractivity contribution in [1.82, 2.24) is 15.5 Å². The molecule has 8 heteroatoms. The number of carbonyl (C=O) groups is 2. The van der Waals surface area contributed by atoms with Crippen molar-refractivity contribution < 1.29 is 9.59 Å². The van der Waals surface area contributed by atoms with E-state index in [1.165, 1.54) is 0 Å². The van der Waals surface area contributed by atoms with Crippen LogP contribution < -0.4 is 21.7 Å². The van der Waals surface area contributed by atoms with E-state index in [2.05, 4.69) is 26.1 Å². The molecule has 0 aliphatic carbocycles. The van der Waals surface area contributed by atoms with E-state index in [0.717, 1.165) is 16.8 Å². The molecule has 4 aromatic rings. The summed E-state index contributed by atoms with van der Waals surface area (Å²) in [5.41, 5.74) is 10.3. The van der Waals surface area contributed by atoms with Crippen LogP contribution in [0.15, 0.2) is 66.7 Å². The van der Waals surface area contributed by atoms with Crippen molar-refractivity contribution in [2.24, 2.45) is 0 Å². The minimum atomic E-state index is -0.304. The first-order valence-corrected chi connectivity index (χ1v) is 9.74. The second-order valence-electron chi connectivity index (χ2n) is 7.17. The third-order valence-electron chi connectivity index (χ3n) is 4.78. The number of nitrogens with one attached hydrogen (secondary N) is 4. The highest BCUT2D eigenvalue weighted by Crippen LogP contribution is 2.23. The van der Waals surface area contributed by atoms with Crippen molar-refractivity contribution in [3.05, 3.63) is 83.4 Å². The Balaban J connectivity index is 1.40. The zero-order valence-corrected chi connectivity index (χ0v) is 16.9. The smallest absolute Gasteiger partial charge is 0.319 e. The van der Waals surface area contributed by atoms with Crippen LogP contribution in [0.3, 0.4) is 0 Å². The molecule has 1 heterocycles. The molecule has 8 nitrogen and oxygen atoms in total. The van der Waals surface area contributed by atoms with E-state index in [4.69, 9.17) is 5.73 Å². The number of urea groups is 1. The summed E-state index contributed by atoms with van der Waals surface area (Å²) in [6, 6.07) is 19.8. The lowest BCUT2D eigenvalue weighted by Gasteiger charge is -2.10. The van der Waals surface area contributed by atoms with Crippen LogP contribution in [0.25, 0.3) is 10.9 Å². The number of aromatic nitrogens is 2. The zero-order chi connectivity index (χ0) is 21.8. The van der Waals surface area contributed by atoms with E-state index in [1.807, 2.05) is 55.5 Å². The van der Waals surface area contributed by atoms with Crippen molar-refractivity contribution >= 4 is 40.0 Å². The first-order valence-electron chi connectivity index (χ1n) is 9.74. The van der Waals surface area contributed by atoms with E-state index >= 15 is 0 Å². The van der Waals surface area contributed by atoms with Crippen LogP contribution in [-0.4, -0.2) is 22.1 Å². The molecule has 6 N–H and O–H groups in total. The number of aryl methyl sites for hydroxylation is 1. The largest absolute Gasteiger partial charge is 0.382 e. The van der Waals surface area contributed by atoms with Gasteiger partial charge in [-0.1, -0.05) is 30.3 Å². The predicted molar refractivity (Wildman–Crippen MR) is 122 cm³/mol. The molecule has 0 saturated carbocycles. The van der Waals surface area contributed by atoms with Crippen LogP contribution in [0.4, 0.5) is 22.0 Å². The minimum Gasteiger partial charge on any atom is -0.382 e. The Hall–Kier alpha value is -4.33. The number of benzene rings is 3. The Morgan fingerprint density at radius 2 is 1.71 bits per heavy atom. The highest BCUT2D eigenvalue weighted by Gasteiger charge is 2.14. The van der Waals surface area contributed by atoms with Gasteiger partial charge in [-0.3, -0.25) is 9.89 Å². The molecule has 3 amide bonds. The SMILES string of the molecule is Cc1cccc(NC(=O)NCc2cccc(NC(=O)c3cccc4[nH]nc(N)c34)c2)c1. The molecular formula is C23H22N6O2. The Kier molecular flexibility index (Phi) is 5.53. The molecule has 0 aliphatic rings. The van der Waals surface area contributed by atoms with Crippen molar-refractivity contribution in [2.75, 3.05) is 16.4 Å². The Morgan fingerprint density at radius 3 is 2.52 bits per heavy atom. The predicted octanol–water partition coefficient (Wildman–Crippen LogP) is 4.03. The highest BCUT2D eigenvalue weighted by atomic mass is 16.2. The molecule has 0 aliphatic heterocycles. The Labute approximate surface area is 178 Å². The van der Waals surface area contributed by atoms with Gasteiger partial charge in [-0.25, -0.2) is 4.79 Å². The molecule has 0 bridgehead atoms. The van der Waals surface area contributed by atoms with Gasteiger partial charge in [0.15, 0.2) is 5.82 Å². The highest BCUT2D eigenvalue weighted by molar-refractivity contribution is 6.14. The molecule has 156 valence electrons. The topological polar surface area (TPSA) is 125 Å². The monoisotopic (exact) mass is 414 g/mol. The molecule has 0 spiro atoms. The van der Waals surface area contributed by atoms with Gasteiger partial charge in [0.25, 0.3) is 5.91 Å².